The molecular formula is C61H57BN2S. The Balaban J connectivity index is 1.19. The molecule has 2 nitrogen and oxygen atoms in total. The molecule has 4 heterocycles. The second kappa shape index (κ2) is 12.1. The van der Waals surface area contributed by atoms with Gasteiger partial charge in [0, 0.05) is 59.0 Å². The van der Waals surface area contributed by atoms with Gasteiger partial charge in [-0.25, -0.2) is 0 Å². The van der Waals surface area contributed by atoms with Crippen molar-refractivity contribution in [2.24, 2.45) is 0 Å². The van der Waals surface area contributed by atoms with Crippen molar-refractivity contribution in [3.63, 3.8) is 0 Å². The van der Waals surface area contributed by atoms with Crippen molar-refractivity contribution >= 4 is 88.2 Å². The molecule has 0 bridgehead atoms. The third kappa shape index (κ3) is 4.77. The summed E-state index contributed by atoms with van der Waals surface area (Å²) in [5.74, 6) is 0. The van der Waals surface area contributed by atoms with Crippen LogP contribution >= 0.6 is 11.3 Å². The van der Waals surface area contributed by atoms with Gasteiger partial charge in [-0.1, -0.05) is 142 Å². The minimum absolute atomic E-state index is 0.00410. The molecule has 0 atom stereocenters. The second-order valence-corrected chi connectivity index (χ2v) is 24.9. The number of nitrogens with zero attached hydrogens (tertiary/aromatic N) is 2. The van der Waals surface area contributed by atoms with E-state index in [9.17, 15) is 0 Å². The normalized spacial score (nSPS) is 19.5. The highest BCUT2D eigenvalue weighted by molar-refractivity contribution is 7.32. The van der Waals surface area contributed by atoms with E-state index in [1.165, 1.54) is 151 Å². The average molecular weight is 861 g/mol. The number of aromatic nitrogens is 1. The Morgan fingerprint density at radius 1 is 0.508 bits per heavy atom. The van der Waals surface area contributed by atoms with Crippen LogP contribution in [0, 0.1) is 0 Å². The lowest BCUT2D eigenvalue weighted by molar-refractivity contribution is 0.332. The van der Waals surface area contributed by atoms with E-state index in [0.29, 0.717) is 0 Å². The van der Waals surface area contributed by atoms with Gasteiger partial charge in [-0.05, 0) is 156 Å². The zero-order valence-electron chi connectivity index (χ0n) is 39.7. The molecule has 2 aliphatic heterocycles. The summed E-state index contributed by atoms with van der Waals surface area (Å²) < 4.78 is 5.67. The van der Waals surface area contributed by atoms with Gasteiger partial charge in [-0.15, -0.1) is 11.3 Å². The Kier molecular flexibility index (Phi) is 7.17. The van der Waals surface area contributed by atoms with Gasteiger partial charge in [0.2, 0.25) is 0 Å². The highest BCUT2D eigenvalue weighted by Gasteiger charge is 2.50. The molecule has 4 heteroatoms. The number of hydrogen-bond donors (Lipinski definition) is 0. The maximum atomic E-state index is 2.80. The van der Waals surface area contributed by atoms with Crippen LogP contribution in [0.2, 0.25) is 0 Å². The van der Waals surface area contributed by atoms with Crippen molar-refractivity contribution in [2.45, 2.75) is 122 Å². The summed E-state index contributed by atoms with van der Waals surface area (Å²) in [4.78, 5) is 2.77. The summed E-state index contributed by atoms with van der Waals surface area (Å²) in [6.07, 6.45) is 4.79. The van der Waals surface area contributed by atoms with E-state index in [1.807, 2.05) is 0 Å². The van der Waals surface area contributed by atoms with Crippen LogP contribution in [0.4, 0.5) is 17.1 Å². The molecule has 9 aromatic rings. The van der Waals surface area contributed by atoms with Gasteiger partial charge < -0.3 is 9.38 Å². The van der Waals surface area contributed by atoms with E-state index in [-0.39, 0.29) is 33.9 Å². The minimum Gasteiger partial charge on any atom is -0.375 e. The van der Waals surface area contributed by atoms with Crippen LogP contribution in [-0.2, 0) is 27.1 Å². The number of benzene rings is 7. The summed E-state index contributed by atoms with van der Waals surface area (Å²) in [5.41, 5.74) is 22.9. The van der Waals surface area contributed by atoms with Crippen molar-refractivity contribution in [3.05, 3.63) is 149 Å². The molecule has 2 aromatic heterocycles. The minimum atomic E-state index is -0.186. The number of rotatable bonds is 1. The maximum absolute atomic E-state index is 2.80. The molecule has 0 amide bonds. The molecular weight excluding hydrogens is 804 g/mol. The van der Waals surface area contributed by atoms with E-state index in [4.69, 9.17) is 0 Å². The van der Waals surface area contributed by atoms with Crippen molar-refractivity contribution in [2.75, 3.05) is 4.90 Å². The third-order valence-corrected chi connectivity index (χ3v) is 19.0. The lowest BCUT2D eigenvalue weighted by atomic mass is 9.47. The van der Waals surface area contributed by atoms with Gasteiger partial charge in [0.25, 0.3) is 0 Å². The van der Waals surface area contributed by atoms with Crippen LogP contribution in [0.3, 0.4) is 0 Å². The largest absolute Gasteiger partial charge is 0.375 e. The van der Waals surface area contributed by atoms with Gasteiger partial charge >= 0.3 is 6.85 Å². The first-order valence-electron chi connectivity index (χ1n) is 24.3. The topological polar surface area (TPSA) is 8.17 Å². The first kappa shape index (κ1) is 38.7. The molecule has 5 aliphatic rings. The van der Waals surface area contributed by atoms with Crippen LogP contribution in [0.5, 0.6) is 0 Å². The Morgan fingerprint density at radius 3 is 1.88 bits per heavy atom. The fraction of sp³-hybridized carbons (Fsp3) is 0.311. The first-order chi connectivity index (χ1) is 31.0. The molecule has 320 valence electrons. The molecule has 0 saturated carbocycles. The Morgan fingerprint density at radius 2 is 1.14 bits per heavy atom. The predicted molar refractivity (Wildman–Crippen MR) is 281 cm³/mol. The Labute approximate surface area is 388 Å². The summed E-state index contributed by atoms with van der Waals surface area (Å²) in [6, 6.07) is 46.0. The average Bonchev–Trinajstić information content (AvgIpc) is 3.89. The smallest absolute Gasteiger partial charge is 0.343 e. The molecule has 0 spiro atoms. The first-order valence-corrected chi connectivity index (χ1v) is 25.1. The number of anilines is 3. The number of hydrogen-bond acceptors (Lipinski definition) is 2. The molecule has 3 aliphatic carbocycles. The lowest BCUT2D eigenvalue weighted by Gasteiger charge is -2.44. The fourth-order valence-corrected chi connectivity index (χ4v) is 15.3. The summed E-state index contributed by atoms with van der Waals surface area (Å²) in [5, 5.41) is 6.69. The Hall–Kier alpha value is -5.58. The zero-order valence-corrected chi connectivity index (χ0v) is 40.5. The summed E-state index contributed by atoms with van der Waals surface area (Å²) in [7, 11) is 0. The molecule has 0 radical (unpaired) electrons. The van der Waals surface area contributed by atoms with Gasteiger partial charge in [-0.3, -0.25) is 0 Å². The predicted octanol–water partition coefficient (Wildman–Crippen LogP) is 15.6. The van der Waals surface area contributed by atoms with Crippen LogP contribution in [0.25, 0.3) is 64.9 Å². The second-order valence-electron chi connectivity index (χ2n) is 23.8. The molecule has 7 aromatic carbocycles. The molecule has 0 fully saturated rings. The monoisotopic (exact) mass is 860 g/mol. The maximum Gasteiger partial charge on any atom is 0.343 e. The zero-order chi connectivity index (χ0) is 44.5. The van der Waals surface area contributed by atoms with Gasteiger partial charge in [0.1, 0.15) is 0 Å². The summed E-state index contributed by atoms with van der Waals surface area (Å²) >= 11 is 2.07. The molecule has 0 saturated heterocycles. The van der Waals surface area contributed by atoms with E-state index in [1.54, 1.807) is 0 Å². The molecule has 0 N–H and O–H groups in total. The number of thiophene rings is 1. The number of fused-ring (bicyclic) bond motifs is 16. The Bertz CT molecular complexity index is 3660. The lowest BCUT2D eigenvalue weighted by Crippen LogP contribution is -2.56. The van der Waals surface area contributed by atoms with Crippen LogP contribution in [0.15, 0.2) is 115 Å². The SMILES string of the molecule is CC1(C)CCC(C)(C)c2cc(N3c4cc5c(c6c4B(c4sc7cc8c(cc7c43)C(C)(C)CCC8(C)C)n3c4cc7ccccc7cc4c4cccc-6c43)C(C)(C)c3ccccc3-5)ccc21. The van der Waals surface area contributed by atoms with Crippen molar-refractivity contribution in [3.8, 4) is 22.3 Å². The van der Waals surface area contributed by atoms with E-state index in [2.05, 4.69) is 205 Å². The molecule has 14 rings (SSSR count). The molecule has 0 unspecified atom stereocenters. The van der Waals surface area contributed by atoms with Gasteiger partial charge in [-0.2, -0.15) is 0 Å². The van der Waals surface area contributed by atoms with E-state index >= 15 is 0 Å². The van der Waals surface area contributed by atoms with Crippen LogP contribution in [-0.4, -0.2) is 11.3 Å². The van der Waals surface area contributed by atoms with Crippen molar-refractivity contribution < 1.29 is 0 Å². The van der Waals surface area contributed by atoms with Gasteiger partial charge in [0.05, 0.1) is 5.69 Å². The highest BCUT2D eigenvalue weighted by atomic mass is 32.1. The fourth-order valence-electron chi connectivity index (χ4n) is 14.0. The number of para-hydroxylation sites is 1. The summed E-state index contributed by atoms with van der Waals surface area (Å²) in [6.45, 7) is 24.8. The van der Waals surface area contributed by atoms with Crippen LogP contribution < -0.4 is 15.1 Å². The van der Waals surface area contributed by atoms with E-state index in [0.717, 1.165) is 0 Å². The third-order valence-electron chi connectivity index (χ3n) is 17.8. The van der Waals surface area contributed by atoms with Crippen LogP contribution in [0.1, 0.15) is 128 Å². The molecule has 65 heavy (non-hydrogen) atoms. The highest BCUT2D eigenvalue weighted by Crippen LogP contribution is 2.59. The van der Waals surface area contributed by atoms with E-state index < -0.39 is 0 Å². The van der Waals surface area contributed by atoms with Crippen molar-refractivity contribution in [1.29, 1.82) is 0 Å². The standard InChI is InChI=1S/C61H57BN2S/c1-57(2)24-25-58(3,4)45-30-36(22-23-44(45)57)63-49-32-41-37-18-13-14-21-43(37)61(9,10)52(41)51-39-20-15-19-38-40-28-34-16-11-12-17-35(34)29-48(40)64(54(38)39)62(53(49)51)56-55(63)42-31-46-47(33-50(42)65-56)60(7,8)27-26-59(46,5)6/h11-23,28-33H,24-27H2,1-10H3. The van der Waals surface area contributed by atoms with Crippen molar-refractivity contribution in [1.82, 2.24) is 4.48 Å². The quantitative estimate of drug-likeness (QED) is 0.149. The van der Waals surface area contributed by atoms with Gasteiger partial charge in [0.15, 0.2) is 0 Å².